The molecule has 1 aromatic carbocycles. The summed E-state index contributed by atoms with van der Waals surface area (Å²) in [6.45, 7) is 7.82. The van der Waals surface area contributed by atoms with Crippen LogP contribution in [-0.2, 0) is 0 Å². The molecule has 1 aromatic rings. The summed E-state index contributed by atoms with van der Waals surface area (Å²) in [5.41, 5.74) is 4.14. The van der Waals surface area contributed by atoms with Crippen LogP contribution in [0.2, 0.25) is 0 Å². The van der Waals surface area contributed by atoms with Crippen LogP contribution in [0.25, 0.3) is 0 Å². The molecular weight excluding hydrogens is 198 g/mol. The van der Waals surface area contributed by atoms with Crippen LogP contribution in [0, 0.1) is 19.8 Å². The molecule has 1 aliphatic heterocycles. The lowest BCUT2D eigenvalue weighted by molar-refractivity contribution is 0.413. The zero-order chi connectivity index (χ0) is 11.7. The largest absolute Gasteiger partial charge is 0.497 e. The van der Waals surface area contributed by atoms with Crippen LogP contribution in [0.15, 0.2) is 12.1 Å². The summed E-state index contributed by atoms with van der Waals surface area (Å²) < 4.78 is 5.30. The fourth-order valence-corrected chi connectivity index (χ4v) is 2.76. The Hall–Kier alpha value is -1.02. The molecule has 2 atom stereocenters. The van der Waals surface area contributed by atoms with Crippen molar-refractivity contribution in [3.05, 3.63) is 28.8 Å². The first-order valence-electron chi connectivity index (χ1n) is 6.02. The molecule has 2 nitrogen and oxygen atoms in total. The van der Waals surface area contributed by atoms with Gasteiger partial charge in [0.05, 0.1) is 7.11 Å². The zero-order valence-electron chi connectivity index (χ0n) is 10.6. The minimum Gasteiger partial charge on any atom is -0.497 e. The molecule has 0 saturated carbocycles. The van der Waals surface area contributed by atoms with Crippen LogP contribution < -0.4 is 10.1 Å². The van der Waals surface area contributed by atoms with Gasteiger partial charge in [-0.25, -0.2) is 0 Å². The van der Waals surface area contributed by atoms with Gasteiger partial charge >= 0.3 is 0 Å². The maximum atomic E-state index is 5.30. The number of nitrogens with one attached hydrogen (secondary N) is 1. The molecule has 16 heavy (non-hydrogen) atoms. The Morgan fingerprint density at radius 2 is 1.88 bits per heavy atom. The molecule has 1 aliphatic rings. The standard InChI is InChI=1S/C14H21NO/c1-9-5-6-15-14(9)13-10(2)7-12(16-4)8-11(13)3/h7-9,14-15H,5-6H2,1-4H3/t9-,14-/m0/s1. The van der Waals surface area contributed by atoms with Gasteiger partial charge in [-0.1, -0.05) is 6.92 Å². The second-order valence-electron chi connectivity index (χ2n) is 4.87. The van der Waals surface area contributed by atoms with E-state index in [0.717, 1.165) is 18.2 Å². The van der Waals surface area contributed by atoms with E-state index in [9.17, 15) is 0 Å². The minimum absolute atomic E-state index is 0.519. The van der Waals surface area contributed by atoms with Gasteiger partial charge < -0.3 is 10.1 Å². The molecule has 1 N–H and O–H groups in total. The third-order valence-electron chi connectivity index (χ3n) is 3.65. The summed E-state index contributed by atoms with van der Waals surface area (Å²) in [6, 6.07) is 4.79. The normalized spacial score (nSPS) is 24.8. The van der Waals surface area contributed by atoms with Gasteiger partial charge in [0, 0.05) is 6.04 Å². The quantitative estimate of drug-likeness (QED) is 0.825. The van der Waals surface area contributed by atoms with Crippen molar-refractivity contribution in [2.45, 2.75) is 33.2 Å². The fourth-order valence-electron chi connectivity index (χ4n) is 2.76. The first kappa shape index (κ1) is 11.5. The number of rotatable bonds is 2. The second kappa shape index (κ2) is 4.46. The SMILES string of the molecule is COc1cc(C)c([C@H]2NCC[C@@H]2C)c(C)c1. The topological polar surface area (TPSA) is 21.3 Å². The van der Waals surface area contributed by atoms with E-state index in [0.29, 0.717) is 6.04 Å². The molecule has 0 aromatic heterocycles. The van der Waals surface area contributed by atoms with Crippen LogP contribution in [0.1, 0.15) is 36.1 Å². The Bertz CT molecular complexity index is 363. The van der Waals surface area contributed by atoms with Gasteiger partial charge in [0.1, 0.15) is 5.75 Å². The Morgan fingerprint density at radius 1 is 1.25 bits per heavy atom. The summed E-state index contributed by atoms with van der Waals surface area (Å²) in [5.74, 6) is 1.69. The van der Waals surface area contributed by atoms with Crippen molar-refractivity contribution in [1.29, 1.82) is 0 Å². The van der Waals surface area contributed by atoms with E-state index in [1.807, 2.05) is 0 Å². The lowest BCUT2D eigenvalue weighted by Crippen LogP contribution is -2.18. The molecule has 0 spiro atoms. The van der Waals surface area contributed by atoms with Crippen molar-refractivity contribution < 1.29 is 4.74 Å². The van der Waals surface area contributed by atoms with Gasteiger partial charge in [0.2, 0.25) is 0 Å². The summed E-state index contributed by atoms with van der Waals surface area (Å²) in [4.78, 5) is 0. The number of benzene rings is 1. The van der Waals surface area contributed by atoms with Gasteiger partial charge in [-0.15, -0.1) is 0 Å². The third kappa shape index (κ3) is 1.94. The molecule has 1 saturated heterocycles. The molecule has 0 unspecified atom stereocenters. The van der Waals surface area contributed by atoms with E-state index in [1.165, 1.54) is 23.1 Å². The lowest BCUT2D eigenvalue weighted by atomic mass is 9.89. The maximum absolute atomic E-state index is 5.30. The zero-order valence-corrected chi connectivity index (χ0v) is 10.6. The number of ether oxygens (including phenoxy) is 1. The van der Waals surface area contributed by atoms with E-state index in [-0.39, 0.29) is 0 Å². The van der Waals surface area contributed by atoms with E-state index < -0.39 is 0 Å². The highest BCUT2D eigenvalue weighted by molar-refractivity contribution is 5.43. The molecular formula is C14H21NO. The predicted molar refractivity (Wildman–Crippen MR) is 67.0 cm³/mol. The summed E-state index contributed by atoms with van der Waals surface area (Å²) in [6.07, 6.45) is 1.27. The minimum atomic E-state index is 0.519. The predicted octanol–water partition coefficient (Wildman–Crippen LogP) is 2.98. The number of methoxy groups -OCH3 is 1. The van der Waals surface area contributed by atoms with Crippen molar-refractivity contribution in [3.63, 3.8) is 0 Å². The Morgan fingerprint density at radius 3 is 2.31 bits per heavy atom. The Balaban J connectivity index is 2.40. The lowest BCUT2D eigenvalue weighted by Gasteiger charge is -2.21. The average molecular weight is 219 g/mol. The Labute approximate surface area is 98.0 Å². The first-order valence-corrected chi connectivity index (χ1v) is 6.02. The van der Waals surface area contributed by atoms with Crippen LogP contribution in [-0.4, -0.2) is 13.7 Å². The smallest absolute Gasteiger partial charge is 0.119 e. The number of hydrogen-bond donors (Lipinski definition) is 1. The molecule has 1 fully saturated rings. The summed E-state index contributed by atoms with van der Waals surface area (Å²) >= 11 is 0. The molecule has 0 radical (unpaired) electrons. The Kier molecular flexibility index (Phi) is 3.20. The maximum Gasteiger partial charge on any atom is 0.119 e. The highest BCUT2D eigenvalue weighted by Crippen LogP contribution is 2.34. The van der Waals surface area contributed by atoms with E-state index in [4.69, 9.17) is 4.74 Å². The van der Waals surface area contributed by atoms with Crippen molar-refractivity contribution in [2.75, 3.05) is 13.7 Å². The fraction of sp³-hybridized carbons (Fsp3) is 0.571. The van der Waals surface area contributed by atoms with Crippen LogP contribution in [0.3, 0.4) is 0 Å². The molecule has 88 valence electrons. The highest BCUT2D eigenvalue weighted by atomic mass is 16.5. The van der Waals surface area contributed by atoms with Gasteiger partial charge in [0.25, 0.3) is 0 Å². The number of aryl methyl sites for hydroxylation is 2. The third-order valence-corrected chi connectivity index (χ3v) is 3.65. The van der Waals surface area contributed by atoms with Gasteiger partial charge in [-0.2, -0.15) is 0 Å². The van der Waals surface area contributed by atoms with E-state index >= 15 is 0 Å². The van der Waals surface area contributed by atoms with E-state index in [1.54, 1.807) is 7.11 Å². The van der Waals surface area contributed by atoms with Crippen LogP contribution in [0.4, 0.5) is 0 Å². The molecule has 2 heteroatoms. The first-order chi connectivity index (χ1) is 7.63. The molecule has 0 bridgehead atoms. The van der Waals surface area contributed by atoms with Crippen molar-refractivity contribution >= 4 is 0 Å². The van der Waals surface area contributed by atoms with Crippen molar-refractivity contribution in [1.82, 2.24) is 5.32 Å². The monoisotopic (exact) mass is 219 g/mol. The van der Waals surface area contributed by atoms with Gasteiger partial charge in [-0.05, 0) is 61.6 Å². The van der Waals surface area contributed by atoms with Crippen molar-refractivity contribution in [2.24, 2.45) is 5.92 Å². The molecule has 1 heterocycles. The van der Waals surface area contributed by atoms with Crippen LogP contribution in [0.5, 0.6) is 5.75 Å². The van der Waals surface area contributed by atoms with Gasteiger partial charge in [-0.3, -0.25) is 0 Å². The van der Waals surface area contributed by atoms with Gasteiger partial charge in [0.15, 0.2) is 0 Å². The van der Waals surface area contributed by atoms with E-state index in [2.05, 4.69) is 38.2 Å². The summed E-state index contributed by atoms with van der Waals surface area (Å²) in [5, 5.41) is 3.60. The number of hydrogen-bond acceptors (Lipinski definition) is 2. The summed E-state index contributed by atoms with van der Waals surface area (Å²) in [7, 11) is 1.73. The van der Waals surface area contributed by atoms with Crippen molar-refractivity contribution in [3.8, 4) is 5.75 Å². The highest BCUT2D eigenvalue weighted by Gasteiger charge is 2.26. The average Bonchev–Trinajstić information content (AvgIpc) is 2.64. The second-order valence-corrected chi connectivity index (χ2v) is 4.87. The molecule has 0 amide bonds. The molecule has 0 aliphatic carbocycles. The molecule has 2 rings (SSSR count). The van der Waals surface area contributed by atoms with Crippen LogP contribution >= 0.6 is 0 Å².